The fourth-order valence-electron chi connectivity index (χ4n) is 6.03. The highest BCUT2D eigenvalue weighted by Gasteiger charge is 2.43. The predicted octanol–water partition coefficient (Wildman–Crippen LogP) is 8.50. The van der Waals surface area contributed by atoms with Crippen LogP contribution in [0.15, 0.2) is 0 Å². The van der Waals surface area contributed by atoms with Crippen LogP contribution in [0.4, 0.5) is 0 Å². The van der Waals surface area contributed by atoms with Gasteiger partial charge in [-0.25, -0.2) is 0 Å². The minimum absolute atomic E-state index is 0.548. The lowest BCUT2D eigenvalue weighted by molar-refractivity contribution is -0.00442. The van der Waals surface area contributed by atoms with E-state index in [1.165, 1.54) is 70.6 Å². The minimum atomic E-state index is 0.548. The molecule has 0 aromatic carbocycles. The molecule has 0 nitrogen and oxygen atoms in total. The molecule has 0 amide bonds. The van der Waals surface area contributed by atoms with Gasteiger partial charge in [-0.05, 0) is 47.8 Å². The Balaban J connectivity index is 2.79. The van der Waals surface area contributed by atoms with Crippen molar-refractivity contribution in [3.05, 3.63) is 0 Å². The molecule has 4 atom stereocenters. The summed E-state index contributed by atoms with van der Waals surface area (Å²) in [6, 6.07) is 0. The third-order valence-corrected chi connectivity index (χ3v) is 7.34. The zero-order valence-corrected chi connectivity index (χ0v) is 18.2. The highest BCUT2D eigenvalue weighted by molar-refractivity contribution is 4.93. The van der Waals surface area contributed by atoms with Crippen LogP contribution in [-0.4, -0.2) is 0 Å². The summed E-state index contributed by atoms with van der Waals surface area (Å²) in [6.07, 6.45) is 15.7. The van der Waals surface area contributed by atoms with E-state index in [2.05, 4.69) is 48.5 Å². The van der Waals surface area contributed by atoms with Gasteiger partial charge in [0.2, 0.25) is 0 Å². The molecule has 0 aliphatic heterocycles. The number of hydrogen-bond acceptors (Lipinski definition) is 0. The summed E-state index contributed by atoms with van der Waals surface area (Å²) in [6.45, 7) is 17.5. The lowest BCUT2D eigenvalue weighted by Crippen LogP contribution is -2.42. The molecule has 0 heteroatoms. The monoisotopic (exact) mass is 336 g/mol. The Labute approximate surface area is 154 Å². The van der Waals surface area contributed by atoms with Crippen LogP contribution in [0, 0.1) is 35.0 Å². The predicted molar refractivity (Wildman–Crippen MR) is 110 cm³/mol. The zero-order valence-electron chi connectivity index (χ0n) is 18.2. The molecule has 144 valence electrons. The lowest BCUT2D eigenvalue weighted by atomic mass is 9.55. The average molecular weight is 337 g/mol. The van der Waals surface area contributed by atoms with E-state index < -0.39 is 0 Å². The van der Waals surface area contributed by atoms with E-state index in [-0.39, 0.29) is 0 Å². The number of hydrogen-bond donors (Lipinski definition) is 0. The van der Waals surface area contributed by atoms with Crippen LogP contribution in [-0.2, 0) is 0 Å². The summed E-state index contributed by atoms with van der Waals surface area (Å²) >= 11 is 0. The summed E-state index contributed by atoms with van der Waals surface area (Å²) < 4.78 is 0. The van der Waals surface area contributed by atoms with Crippen LogP contribution >= 0.6 is 0 Å². The van der Waals surface area contributed by atoms with Gasteiger partial charge in [0.05, 0.1) is 0 Å². The normalized spacial score (nSPS) is 26.5. The van der Waals surface area contributed by atoms with Crippen molar-refractivity contribution in [1.82, 2.24) is 0 Å². The average Bonchev–Trinajstić information content (AvgIpc) is 2.51. The zero-order chi connectivity index (χ0) is 18.2. The van der Waals surface area contributed by atoms with Crippen molar-refractivity contribution in [2.24, 2.45) is 35.0 Å². The summed E-state index contributed by atoms with van der Waals surface area (Å²) in [5.74, 6) is 4.66. The second-order valence-corrected chi connectivity index (χ2v) is 9.81. The smallest absolute Gasteiger partial charge is 0.0306 e. The Morgan fingerprint density at radius 1 is 1.00 bits per heavy atom. The van der Waals surface area contributed by atoms with Crippen molar-refractivity contribution in [2.45, 2.75) is 119 Å². The minimum Gasteiger partial charge on any atom is -0.0654 e. The standard InChI is InChI=1S/C24H48/c1-8-11-12-13-15-19(4)18-22(21(9-2)10-3)23-20(5)16-14-17-24(23,6)7/h19-23H,8-18H2,1-7H3. The first kappa shape index (κ1) is 22.0. The molecule has 4 unspecified atom stereocenters. The van der Waals surface area contributed by atoms with E-state index in [9.17, 15) is 0 Å². The highest BCUT2D eigenvalue weighted by atomic mass is 14.5. The molecule has 1 aliphatic carbocycles. The van der Waals surface area contributed by atoms with Gasteiger partial charge in [-0.15, -0.1) is 0 Å². The van der Waals surface area contributed by atoms with Gasteiger partial charge in [-0.1, -0.05) is 106 Å². The molecular weight excluding hydrogens is 288 g/mol. The Kier molecular flexibility index (Phi) is 9.98. The van der Waals surface area contributed by atoms with Crippen molar-refractivity contribution in [3.63, 3.8) is 0 Å². The number of unbranched alkanes of at least 4 members (excludes halogenated alkanes) is 3. The summed E-state index contributed by atoms with van der Waals surface area (Å²) in [5, 5.41) is 0. The van der Waals surface area contributed by atoms with E-state index >= 15 is 0 Å². The van der Waals surface area contributed by atoms with Gasteiger partial charge < -0.3 is 0 Å². The lowest BCUT2D eigenvalue weighted by Gasteiger charge is -2.50. The first-order valence-electron chi connectivity index (χ1n) is 11.4. The molecule has 1 aliphatic rings. The van der Waals surface area contributed by atoms with Gasteiger partial charge in [-0.3, -0.25) is 0 Å². The fourth-order valence-corrected chi connectivity index (χ4v) is 6.03. The molecule has 1 saturated carbocycles. The van der Waals surface area contributed by atoms with Gasteiger partial charge in [0.1, 0.15) is 0 Å². The van der Waals surface area contributed by atoms with Crippen LogP contribution in [0.25, 0.3) is 0 Å². The molecule has 0 radical (unpaired) electrons. The van der Waals surface area contributed by atoms with Crippen LogP contribution in [0.1, 0.15) is 119 Å². The SMILES string of the molecule is CCCCCCC(C)CC(C(CC)CC)C1C(C)CCCC1(C)C. The van der Waals surface area contributed by atoms with Crippen molar-refractivity contribution >= 4 is 0 Å². The fraction of sp³-hybridized carbons (Fsp3) is 1.00. The van der Waals surface area contributed by atoms with E-state index in [4.69, 9.17) is 0 Å². The Bertz CT molecular complexity index is 312. The van der Waals surface area contributed by atoms with E-state index in [0.29, 0.717) is 5.41 Å². The number of rotatable bonds is 11. The van der Waals surface area contributed by atoms with Gasteiger partial charge in [0.15, 0.2) is 0 Å². The first-order valence-corrected chi connectivity index (χ1v) is 11.4. The maximum absolute atomic E-state index is 2.58. The van der Waals surface area contributed by atoms with E-state index in [1.54, 1.807) is 0 Å². The van der Waals surface area contributed by atoms with Crippen LogP contribution in [0.3, 0.4) is 0 Å². The molecule has 0 heterocycles. The third-order valence-electron chi connectivity index (χ3n) is 7.34. The van der Waals surface area contributed by atoms with Gasteiger partial charge in [0.25, 0.3) is 0 Å². The third kappa shape index (κ3) is 6.38. The molecule has 0 aromatic heterocycles. The summed E-state index contributed by atoms with van der Waals surface area (Å²) in [5.41, 5.74) is 0.548. The van der Waals surface area contributed by atoms with Crippen molar-refractivity contribution < 1.29 is 0 Å². The second-order valence-electron chi connectivity index (χ2n) is 9.81. The van der Waals surface area contributed by atoms with Crippen molar-refractivity contribution in [2.75, 3.05) is 0 Å². The largest absolute Gasteiger partial charge is 0.0654 e. The molecule has 0 saturated heterocycles. The van der Waals surface area contributed by atoms with Gasteiger partial charge >= 0.3 is 0 Å². The summed E-state index contributed by atoms with van der Waals surface area (Å²) in [7, 11) is 0. The van der Waals surface area contributed by atoms with Gasteiger partial charge in [-0.2, -0.15) is 0 Å². The Hall–Kier alpha value is 0. The second kappa shape index (κ2) is 10.9. The maximum atomic E-state index is 2.58. The molecule has 1 rings (SSSR count). The first-order chi connectivity index (χ1) is 11.4. The molecule has 0 aromatic rings. The van der Waals surface area contributed by atoms with Crippen molar-refractivity contribution in [3.8, 4) is 0 Å². The van der Waals surface area contributed by atoms with E-state index in [1.807, 2.05) is 0 Å². The van der Waals surface area contributed by atoms with Crippen molar-refractivity contribution in [1.29, 1.82) is 0 Å². The molecule has 0 bridgehead atoms. The van der Waals surface area contributed by atoms with Crippen LogP contribution in [0.2, 0.25) is 0 Å². The Morgan fingerprint density at radius 2 is 1.67 bits per heavy atom. The molecule has 1 fully saturated rings. The Morgan fingerprint density at radius 3 is 2.21 bits per heavy atom. The maximum Gasteiger partial charge on any atom is -0.0306 e. The van der Waals surface area contributed by atoms with E-state index in [0.717, 1.165) is 29.6 Å². The molecular formula is C24H48. The topological polar surface area (TPSA) is 0 Å². The molecule has 24 heavy (non-hydrogen) atoms. The molecule has 0 spiro atoms. The van der Waals surface area contributed by atoms with Gasteiger partial charge in [0, 0.05) is 0 Å². The summed E-state index contributed by atoms with van der Waals surface area (Å²) in [4.78, 5) is 0. The quantitative estimate of drug-likeness (QED) is 0.332. The van der Waals surface area contributed by atoms with Crippen LogP contribution < -0.4 is 0 Å². The molecule has 0 N–H and O–H groups in total. The highest BCUT2D eigenvalue weighted by Crippen LogP contribution is 2.52. The van der Waals surface area contributed by atoms with Crippen LogP contribution in [0.5, 0.6) is 0 Å².